The first-order valence-corrected chi connectivity index (χ1v) is 3.64. The quantitative estimate of drug-likeness (QED) is 0.455. The Hall–Kier alpha value is -0.570. The van der Waals surface area contributed by atoms with Crippen molar-refractivity contribution in [3.05, 3.63) is 35.9 Å². The predicted molar refractivity (Wildman–Crippen MR) is 51.8 cm³/mol. The molecule has 1 aromatic carbocycles. The molecule has 66 valence electrons. The van der Waals surface area contributed by atoms with Gasteiger partial charge in [0.1, 0.15) is 5.50 Å². The third-order valence-electron chi connectivity index (χ3n) is 1.31. The van der Waals surface area contributed by atoms with E-state index in [0.29, 0.717) is 5.56 Å². The van der Waals surface area contributed by atoms with Crippen molar-refractivity contribution >= 4 is 29.8 Å². The highest BCUT2D eigenvalue weighted by Crippen LogP contribution is 2.03. The van der Waals surface area contributed by atoms with Gasteiger partial charge >= 0.3 is 0 Å². The summed E-state index contributed by atoms with van der Waals surface area (Å²) in [6.45, 7) is 0. The molecule has 0 spiro atoms. The number of rotatable bonds is 2. The van der Waals surface area contributed by atoms with Gasteiger partial charge in [-0.2, -0.15) is 0 Å². The van der Waals surface area contributed by atoms with Crippen molar-refractivity contribution in [2.45, 2.75) is 5.50 Å². The zero-order chi connectivity index (χ0) is 8.27. The Morgan fingerprint density at radius 2 is 1.83 bits per heavy atom. The molecule has 1 aromatic rings. The molecule has 12 heavy (non-hydrogen) atoms. The molecule has 0 fully saturated rings. The molecule has 0 aromatic heterocycles. The largest absolute Gasteiger partial charge is 0.309 e. The molecule has 0 aliphatic carbocycles. The summed E-state index contributed by atoms with van der Waals surface area (Å²) in [5, 5.41) is 0. The zero-order valence-corrected chi connectivity index (χ0v) is 7.81. The Balaban J connectivity index is 0.00000121. The molecule has 4 heteroatoms. The van der Waals surface area contributed by atoms with Crippen LogP contribution in [0.1, 0.15) is 10.4 Å². The van der Waals surface area contributed by atoms with Crippen LogP contribution in [-0.2, 0) is 0 Å². The summed E-state index contributed by atoms with van der Waals surface area (Å²) in [6.07, 6.45) is 0. The lowest BCUT2D eigenvalue weighted by atomic mass is 10.1. The molecule has 0 saturated carbocycles. The summed E-state index contributed by atoms with van der Waals surface area (Å²) in [5.41, 5.74) is 4.80. The van der Waals surface area contributed by atoms with Crippen LogP contribution in [0.5, 0.6) is 0 Å². The summed E-state index contributed by atoms with van der Waals surface area (Å²) in [4.78, 5) is 11.1. The smallest absolute Gasteiger partial charge is 0.194 e. The summed E-state index contributed by atoms with van der Waals surface area (Å²) < 4.78 is 0. The van der Waals surface area contributed by atoms with Crippen molar-refractivity contribution in [3.63, 3.8) is 0 Å². The first-order chi connectivity index (χ1) is 5.22. The van der Waals surface area contributed by atoms with Crippen LogP contribution >= 0.6 is 24.0 Å². The van der Waals surface area contributed by atoms with Crippen LogP contribution in [0.2, 0.25) is 0 Å². The second kappa shape index (κ2) is 5.14. The van der Waals surface area contributed by atoms with Crippen LogP contribution in [0.4, 0.5) is 0 Å². The number of alkyl halides is 1. The molecule has 2 nitrogen and oxygen atoms in total. The molecule has 0 heterocycles. The van der Waals surface area contributed by atoms with Gasteiger partial charge in [0.05, 0.1) is 0 Å². The molecule has 1 rings (SSSR count). The van der Waals surface area contributed by atoms with Gasteiger partial charge in [-0.3, -0.25) is 4.79 Å². The molecule has 1 atom stereocenters. The van der Waals surface area contributed by atoms with Crippen LogP contribution in [0.25, 0.3) is 0 Å². The van der Waals surface area contributed by atoms with Gasteiger partial charge in [0.25, 0.3) is 0 Å². The van der Waals surface area contributed by atoms with E-state index in [1.807, 2.05) is 6.07 Å². The zero-order valence-electron chi connectivity index (χ0n) is 6.24. The van der Waals surface area contributed by atoms with E-state index in [1.54, 1.807) is 24.3 Å². The van der Waals surface area contributed by atoms with Crippen LogP contribution in [0.15, 0.2) is 30.3 Å². The molecule has 1 unspecified atom stereocenters. The van der Waals surface area contributed by atoms with E-state index >= 15 is 0 Å². The lowest BCUT2D eigenvalue weighted by Gasteiger charge is -2.00. The maximum Gasteiger partial charge on any atom is 0.194 e. The van der Waals surface area contributed by atoms with Crippen LogP contribution < -0.4 is 5.73 Å². The Morgan fingerprint density at radius 1 is 1.33 bits per heavy atom. The Bertz CT molecular complexity index is 248. The van der Waals surface area contributed by atoms with E-state index in [-0.39, 0.29) is 18.2 Å². The Labute approximate surface area is 82.1 Å². The summed E-state index contributed by atoms with van der Waals surface area (Å²) in [6, 6.07) is 8.74. The topological polar surface area (TPSA) is 43.1 Å². The van der Waals surface area contributed by atoms with Crippen molar-refractivity contribution in [2.24, 2.45) is 5.73 Å². The molecule has 0 saturated heterocycles. The lowest BCUT2D eigenvalue weighted by molar-refractivity contribution is 0.0988. The first-order valence-electron chi connectivity index (χ1n) is 3.21. The lowest BCUT2D eigenvalue weighted by Crippen LogP contribution is -2.23. The highest BCUT2D eigenvalue weighted by molar-refractivity contribution is 6.33. The first kappa shape index (κ1) is 11.4. The highest BCUT2D eigenvalue weighted by Gasteiger charge is 2.10. The van der Waals surface area contributed by atoms with Crippen molar-refractivity contribution in [1.29, 1.82) is 0 Å². The van der Waals surface area contributed by atoms with E-state index in [9.17, 15) is 4.79 Å². The number of halogens is 2. The van der Waals surface area contributed by atoms with Gasteiger partial charge in [-0.05, 0) is 0 Å². The Kier molecular flexibility index (Phi) is 4.90. The molecule has 0 radical (unpaired) electrons. The highest BCUT2D eigenvalue weighted by atomic mass is 35.5. The molecule has 0 amide bonds. The van der Waals surface area contributed by atoms with Gasteiger partial charge in [0.2, 0.25) is 0 Å². The Morgan fingerprint density at radius 3 is 2.25 bits per heavy atom. The third kappa shape index (κ3) is 2.81. The van der Waals surface area contributed by atoms with Gasteiger partial charge in [-0.15, -0.1) is 12.4 Å². The van der Waals surface area contributed by atoms with Gasteiger partial charge < -0.3 is 5.73 Å². The molecular formula is C8H9Cl2NO. The maximum absolute atomic E-state index is 11.1. The molecule has 0 bridgehead atoms. The summed E-state index contributed by atoms with van der Waals surface area (Å²) in [5.74, 6) is -0.243. The standard InChI is InChI=1S/C8H8ClNO.ClH/c9-8(10)7(11)6-4-2-1-3-5-6;/h1-5,8H,10H2;1H. The fourth-order valence-electron chi connectivity index (χ4n) is 0.762. The summed E-state index contributed by atoms with van der Waals surface area (Å²) in [7, 11) is 0. The molecule has 0 aliphatic rings. The van der Waals surface area contributed by atoms with E-state index in [0.717, 1.165) is 0 Å². The van der Waals surface area contributed by atoms with Gasteiger partial charge in [-0.1, -0.05) is 41.9 Å². The average Bonchev–Trinajstić information content (AvgIpc) is 2.05. The van der Waals surface area contributed by atoms with Crippen LogP contribution in [-0.4, -0.2) is 11.3 Å². The molecular weight excluding hydrogens is 197 g/mol. The van der Waals surface area contributed by atoms with E-state index in [4.69, 9.17) is 17.3 Å². The number of ketones is 1. The van der Waals surface area contributed by atoms with Crippen molar-refractivity contribution in [1.82, 2.24) is 0 Å². The van der Waals surface area contributed by atoms with Crippen LogP contribution in [0.3, 0.4) is 0 Å². The van der Waals surface area contributed by atoms with E-state index in [2.05, 4.69) is 0 Å². The average molecular weight is 206 g/mol. The fourth-order valence-corrected chi connectivity index (χ4v) is 0.888. The fraction of sp³-hybridized carbons (Fsp3) is 0.125. The number of carbonyl (C=O) groups excluding carboxylic acids is 1. The maximum atomic E-state index is 11.1. The normalized spacial score (nSPS) is 11.5. The summed E-state index contributed by atoms with van der Waals surface area (Å²) >= 11 is 5.39. The van der Waals surface area contributed by atoms with Gasteiger partial charge in [0.15, 0.2) is 5.78 Å². The van der Waals surface area contributed by atoms with Crippen molar-refractivity contribution in [3.8, 4) is 0 Å². The minimum atomic E-state index is -0.933. The number of Topliss-reactive ketones (excluding diaryl/α,β-unsaturated/α-hetero) is 1. The van der Waals surface area contributed by atoms with Crippen LogP contribution in [0, 0.1) is 0 Å². The minimum absolute atomic E-state index is 0. The second-order valence-electron chi connectivity index (χ2n) is 2.13. The SMILES string of the molecule is Cl.NC(Cl)C(=O)c1ccccc1. The predicted octanol–water partition coefficient (Wildman–Crippen LogP) is 1.81. The number of hydrogen-bond donors (Lipinski definition) is 1. The van der Waals surface area contributed by atoms with E-state index < -0.39 is 5.50 Å². The van der Waals surface area contributed by atoms with Crippen molar-refractivity contribution in [2.75, 3.05) is 0 Å². The van der Waals surface area contributed by atoms with Crippen molar-refractivity contribution < 1.29 is 4.79 Å². The third-order valence-corrected chi connectivity index (χ3v) is 1.51. The van der Waals surface area contributed by atoms with Gasteiger partial charge in [0, 0.05) is 5.56 Å². The number of nitrogens with two attached hydrogens (primary N) is 1. The van der Waals surface area contributed by atoms with Gasteiger partial charge in [-0.25, -0.2) is 0 Å². The van der Waals surface area contributed by atoms with E-state index in [1.165, 1.54) is 0 Å². The second-order valence-corrected chi connectivity index (χ2v) is 2.60. The minimum Gasteiger partial charge on any atom is -0.309 e. The molecule has 2 N–H and O–H groups in total. The number of benzene rings is 1. The number of hydrogen-bond acceptors (Lipinski definition) is 2. The number of carbonyl (C=O) groups is 1. The molecule has 0 aliphatic heterocycles. The monoisotopic (exact) mass is 205 g/mol.